The lowest BCUT2D eigenvalue weighted by molar-refractivity contribution is 0.585. The van der Waals surface area contributed by atoms with Gasteiger partial charge in [-0.15, -0.1) is 11.8 Å². The van der Waals surface area contributed by atoms with Gasteiger partial charge in [-0.2, -0.15) is 0 Å². The quantitative estimate of drug-likeness (QED) is 0.363. The average molecular weight is 207 g/mol. The number of hydrogen-bond donors (Lipinski definition) is 0. The van der Waals surface area contributed by atoms with E-state index in [2.05, 4.69) is 25.7 Å². The Morgan fingerprint density at radius 2 is 1.27 bits per heavy atom. The van der Waals surface area contributed by atoms with E-state index in [0.29, 0.717) is 0 Å². The van der Waals surface area contributed by atoms with Crippen molar-refractivity contribution < 1.29 is 0 Å². The molecule has 0 aliphatic carbocycles. The Morgan fingerprint density at radius 1 is 0.733 bits per heavy atom. The summed E-state index contributed by atoms with van der Waals surface area (Å²) in [6.07, 6.45) is 14.0. The van der Waals surface area contributed by atoms with Crippen LogP contribution in [0.5, 0.6) is 0 Å². The third kappa shape index (κ3) is 13.6. The van der Waals surface area contributed by atoms with Crippen LogP contribution in [0.2, 0.25) is 0 Å². The first kappa shape index (κ1) is 14.6. The van der Waals surface area contributed by atoms with Crippen molar-refractivity contribution in [2.24, 2.45) is 0 Å². The highest BCUT2D eigenvalue weighted by Crippen LogP contribution is 2.08. The molecule has 0 aromatic heterocycles. The minimum Gasteiger partial charge on any atom is -0.103 e. The smallest absolute Gasteiger partial charge is 0.00886 e. The van der Waals surface area contributed by atoms with E-state index in [-0.39, 0.29) is 0 Å². The second-order valence-electron chi connectivity index (χ2n) is 4.18. The van der Waals surface area contributed by atoms with Gasteiger partial charge in [0.15, 0.2) is 0 Å². The average Bonchev–Trinajstić information content (AvgIpc) is 2.26. The molecule has 0 saturated heterocycles. The summed E-state index contributed by atoms with van der Waals surface area (Å²) in [6.45, 7) is 6.03. The predicted octanol–water partition coefficient (Wildman–Crippen LogP) is 5.13. The molecule has 0 spiro atoms. The van der Waals surface area contributed by atoms with Crippen LogP contribution in [0.15, 0.2) is 0 Å². The van der Waals surface area contributed by atoms with Crippen LogP contribution in [-0.2, 0) is 0 Å². The van der Waals surface area contributed by atoms with Gasteiger partial charge in [-0.25, -0.2) is 0 Å². The van der Waals surface area contributed by atoms with Gasteiger partial charge < -0.3 is 0 Å². The molecule has 0 aliphatic rings. The first-order valence-electron chi connectivity index (χ1n) is 6.66. The highest BCUT2D eigenvalue weighted by atomic mass is 14.0. The SMILES string of the molecule is [CH2]CCCCCCCCCC#CCCC. The fourth-order valence-corrected chi connectivity index (χ4v) is 1.58. The molecule has 0 fully saturated rings. The molecule has 0 nitrogen and oxygen atoms in total. The second-order valence-corrected chi connectivity index (χ2v) is 4.18. The van der Waals surface area contributed by atoms with Gasteiger partial charge >= 0.3 is 0 Å². The Hall–Kier alpha value is -0.440. The van der Waals surface area contributed by atoms with Gasteiger partial charge in [0.05, 0.1) is 0 Å². The van der Waals surface area contributed by atoms with Crippen LogP contribution in [0.3, 0.4) is 0 Å². The van der Waals surface area contributed by atoms with Gasteiger partial charge in [-0.3, -0.25) is 0 Å². The van der Waals surface area contributed by atoms with Crippen LogP contribution in [0.4, 0.5) is 0 Å². The lowest BCUT2D eigenvalue weighted by atomic mass is 10.1. The summed E-state index contributed by atoms with van der Waals surface area (Å²) in [5.74, 6) is 6.44. The summed E-state index contributed by atoms with van der Waals surface area (Å²) in [6, 6.07) is 0. The molecule has 0 aromatic rings. The third-order valence-electron chi connectivity index (χ3n) is 2.55. The summed E-state index contributed by atoms with van der Waals surface area (Å²) in [5.41, 5.74) is 0. The molecule has 0 aromatic carbocycles. The van der Waals surface area contributed by atoms with Crippen LogP contribution in [0.25, 0.3) is 0 Å². The van der Waals surface area contributed by atoms with Gasteiger partial charge in [0, 0.05) is 12.8 Å². The molecule has 0 unspecified atom stereocenters. The minimum absolute atomic E-state index is 1.07. The summed E-state index contributed by atoms with van der Waals surface area (Å²) in [4.78, 5) is 0. The second kappa shape index (κ2) is 13.6. The normalized spacial score (nSPS) is 9.73. The van der Waals surface area contributed by atoms with Gasteiger partial charge in [0.2, 0.25) is 0 Å². The molecule has 0 N–H and O–H groups in total. The van der Waals surface area contributed by atoms with Crippen LogP contribution < -0.4 is 0 Å². The lowest BCUT2D eigenvalue weighted by Gasteiger charge is -1.99. The molecule has 0 saturated carbocycles. The van der Waals surface area contributed by atoms with Crippen molar-refractivity contribution in [3.8, 4) is 11.8 Å². The third-order valence-corrected chi connectivity index (χ3v) is 2.55. The molecule has 15 heavy (non-hydrogen) atoms. The van der Waals surface area contributed by atoms with E-state index >= 15 is 0 Å². The number of hydrogen-bond acceptors (Lipinski definition) is 0. The molecule has 0 aliphatic heterocycles. The molecule has 0 heterocycles. The van der Waals surface area contributed by atoms with Crippen LogP contribution in [0, 0.1) is 18.8 Å². The van der Waals surface area contributed by atoms with E-state index in [1.54, 1.807) is 0 Å². The van der Waals surface area contributed by atoms with Gasteiger partial charge in [-0.05, 0) is 12.8 Å². The number of rotatable bonds is 9. The van der Waals surface area contributed by atoms with E-state index in [1.807, 2.05) is 0 Å². The monoisotopic (exact) mass is 207 g/mol. The largest absolute Gasteiger partial charge is 0.103 e. The molecule has 0 bridgehead atoms. The zero-order valence-corrected chi connectivity index (χ0v) is 10.5. The maximum Gasteiger partial charge on any atom is 0.00886 e. The van der Waals surface area contributed by atoms with Crippen molar-refractivity contribution >= 4 is 0 Å². The van der Waals surface area contributed by atoms with E-state index < -0.39 is 0 Å². The van der Waals surface area contributed by atoms with Crippen LogP contribution in [-0.4, -0.2) is 0 Å². The van der Waals surface area contributed by atoms with Crippen molar-refractivity contribution in [3.05, 3.63) is 6.92 Å². The van der Waals surface area contributed by atoms with Crippen molar-refractivity contribution in [3.63, 3.8) is 0 Å². The first-order chi connectivity index (χ1) is 7.41. The van der Waals surface area contributed by atoms with E-state index in [9.17, 15) is 0 Å². The predicted molar refractivity (Wildman–Crippen MR) is 69.6 cm³/mol. The zero-order valence-electron chi connectivity index (χ0n) is 10.5. The van der Waals surface area contributed by atoms with Gasteiger partial charge in [-0.1, -0.05) is 58.8 Å². The maximum absolute atomic E-state index is 3.85. The van der Waals surface area contributed by atoms with E-state index in [1.165, 1.54) is 51.4 Å². The Kier molecular flexibility index (Phi) is 13.2. The van der Waals surface area contributed by atoms with E-state index in [4.69, 9.17) is 0 Å². The highest BCUT2D eigenvalue weighted by Gasteiger charge is 1.89. The van der Waals surface area contributed by atoms with Crippen molar-refractivity contribution in [1.82, 2.24) is 0 Å². The summed E-state index contributed by atoms with van der Waals surface area (Å²) in [7, 11) is 0. The molecule has 1 radical (unpaired) electrons. The Morgan fingerprint density at radius 3 is 1.87 bits per heavy atom. The lowest BCUT2D eigenvalue weighted by Crippen LogP contribution is -1.80. The first-order valence-corrected chi connectivity index (χ1v) is 6.66. The Balaban J connectivity index is 2.96. The molecule has 0 amide bonds. The fourth-order valence-electron chi connectivity index (χ4n) is 1.58. The highest BCUT2D eigenvalue weighted by molar-refractivity contribution is 4.98. The molecular formula is C15H27. The molecule has 0 heteroatoms. The number of unbranched alkanes of at least 4 members (excludes halogenated alkanes) is 9. The standard InChI is InChI=1S/C15H27/c1-3-5-7-9-11-13-15-14-12-10-8-6-4-2/h1,3-7,9,11-15H2,2H3. The van der Waals surface area contributed by atoms with Crippen molar-refractivity contribution in [1.29, 1.82) is 0 Å². The fraction of sp³-hybridized carbons (Fsp3) is 0.800. The minimum atomic E-state index is 1.07. The zero-order chi connectivity index (χ0) is 11.2. The molecule has 87 valence electrons. The van der Waals surface area contributed by atoms with Crippen LogP contribution in [0.1, 0.15) is 77.6 Å². The van der Waals surface area contributed by atoms with E-state index in [0.717, 1.165) is 19.3 Å². The summed E-state index contributed by atoms with van der Waals surface area (Å²) in [5, 5.41) is 0. The van der Waals surface area contributed by atoms with Gasteiger partial charge in [0.1, 0.15) is 0 Å². The van der Waals surface area contributed by atoms with Gasteiger partial charge in [0.25, 0.3) is 0 Å². The summed E-state index contributed by atoms with van der Waals surface area (Å²) >= 11 is 0. The molecule has 0 atom stereocenters. The van der Waals surface area contributed by atoms with Crippen LogP contribution >= 0.6 is 0 Å². The Labute approximate surface area is 96.8 Å². The molecule has 0 rings (SSSR count). The topological polar surface area (TPSA) is 0 Å². The van der Waals surface area contributed by atoms with Crippen molar-refractivity contribution in [2.45, 2.75) is 77.6 Å². The summed E-state index contributed by atoms with van der Waals surface area (Å²) < 4.78 is 0. The molecular weight excluding hydrogens is 180 g/mol. The Bertz CT molecular complexity index is 159. The maximum atomic E-state index is 3.85. The van der Waals surface area contributed by atoms with Crippen molar-refractivity contribution in [2.75, 3.05) is 0 Å².